The van der Waals surface area contributed by atoms with Crippen molar-refractivity contribution in [1.82, 2.24) is 0 Å². The third-order valence-corrected chi connectivity index (χ3v) is 2.12. The average molecular weight is 180 g/mol. The van der Waals surface area contributed by atoms with Gasteiger partial charge in [-0.1, -0.05) is 6.07 Å². The molecule has 0 saturated heterocycles. The molecule has 0 aliphatic heterocycles. The third-order valence-electron chi connectivity index (χ3n) is 2.12. The second-order valence-electron chi connectivity index (χ2n) is 3.96. The molecule has 0 heterocycles. The molecule has 72 valence electrons. The lowest BCUT2D eigenvalue weighted by molar-refractivity contribution is -0.872. The van der Waals surface area contributed by atoms with Crippen molar-refractivity contribution >= 4 is 0 Å². The van der Waals surface area contributed by atoms with E-state index in [1.807, 2.05) is 19.9 Å². The number of aryl methyl sites for hydroxylation is 2. The first-order valence-electron chi connectivity index (χ1n) is 4.59. The lowest BCUT2D eigenvalue weighted by Gasteiger charge is -2.12. The number of quaternary nitrogens is 1. The van der Waals surface area contributed by atoms with Crippen LogP contribution in [0.25, 0.3) is 0 Å². The number of nitrogens with one attached hydrogen (secondary N) is 1. The van der Waals surface area contributed by atoms with E-state index in [1.165, 1.54) is 10.5 Å². The van der Waals surface area contributed by atoms with Crippen molar-refractivity contribution in [3.63, 3.8) is 0 Å². The average Bonchev–Trinajstić information content (AvgIpc) is 1.96. The summed E-state index contributed by atoms with van der Waals surface area (Å²) in [5.41, 5.74) is 3.36. The zero-order chi connectivity index (χ0) is 10.0. The molecular formula is C11H18NO+. The topological polar surface area (TPSA) is 24.7 Å². The SMILES string of the molecule is Cc1cc(C)c(C[NH+](C)C)c(O)c1. The van der Waals surface area contributed by atoms with E-state index >= 15 is 0 Å². The van der Waals surface area contributed by atoms with Crippen LogP contribution in [-0.4, -0.2) is 19.2 Å². The van der Waals surface area contributed by atoms with E-state index < -0.39 is 0 Å². The molecule has 1 aromatic rings. The van der Waals surface area contributed by atoms with E-state index in [-0.39, 0.29) is 0 Å². The normalized spacial score (nSPS) is 10.8. The number of rotatable bonds is 2. The van der Waals surface area contributed by atoms with Gasteiger partial charge in [-0.15, -0.1) is 0 Å². The van der Waals surface area contributed by atoms with Crippen molar-refractivity contribution in [2.24, 2.45) is 0 Å². The second-order valence-corrected chi connectivity index (χ2v) is 3.96. The highest BCUT2D eigenvalue weighted by atomic mass is 16.3. The minimum atomic E-state index is 0.429. The molecule has 0 spiro atoms. The lowest BCUT2D eigenvalue weighted by Crippen LogP contribution is -3.04. The number of benzene rings is 1. The van der Waals surface area contributed by atoms with Crippen LogP contribution in [0.1, 0.15) is 16.7 Å². The lowest BCUT2D eigenvalue weighted by atomic mass is 10.0. The number of phenolic OH excluding ortho intramolecular Hbond substituents is 1. The molecule has 0 aliphatic rings. The van der Waals surface area contributed by atoms with Crippen LogP contribution in [0, 0.1) is 13.8 Å². The highest BCUT2D eigenvalue weighted by Gasteiger charge is 2.08. The summed E-state index contributed by atoms with van der Waals surface area (Å²) < 4.78 is 0. The van der Waals surface area contributed by atoms with Gasteiger partial charge in [-0.05, 0) is 31.0 Å². The van der Waals surface area contributed by atoms with Crippen molar-refractivity contribution in [2.45, 2.75) is 20.4 Å². The van der Waals surface area contributed by atoms with Crippen molar-refractivity contribution in [2.75, 3.05) is 14.1 Å². The molecule has 2 nitrogen and oxygen atoms in total. The van der Waals surface area contributed by atoms with Crippen molar-refractivity contribution in [1.29, 1.82) is 0 Å². The van der Waals surface area contributed by atoms with Crippen LogP contribution in [0.3, 0.4) is 0 Å². The van der Waals surface area contributed by atoms with Gasteiger partial charge >= 0.3 is 0 Å². The molecule has 0 atom stereocenters. The van der Waals surface area contributed by atoms with E-state index in [2.05, 4.69) is 20.2 Å². The molecular weight excluding hydrogens is 162 g/mol. The van der Waals surface area contributed by atoms with Crippen LogP contribution in [0.15, 0.2) is 12.1 Å². The molecule has 13 heavy (non-hydrogen) atoms. The minimum absolute atomic E-state index is 0.429. The molecule has 2 heteroatoms. The van der Waals surface area contributed by atoms with Crippen molar-refractivity contribution < 1.29 is 10.0 Å². The van der Waals surface area contributed by atoms with E-state index in [1.54, 1.807) is 0 Å². The molecule has 0 fully saturated rings. The summed E-state index contributed by atoms with van der Waals surface area (Å²) in [7, 11) is 4.16. The number of aromatic hydroxyl groups is 1. The number of hydrogen-bond acceptors (Lipinski definition) is 1. The Balaban J connectivity index is 3.06. The van der Waals surface area contributed by atoms with Gasteiger partial charge in [0.2, 0.25) is 0 Å². The predicted molar refractivity (Wildman–Crippen MR) is 54.1 cm³/mol. The Kier molecular flexibility index (Phi) is 2.94. The van der Waals surface area contributed by atoms with Crippen LogP contribution < -0.4 is 4.90 Å². The Labute approximate surface area is 79.8 Å². The first-order valence-corrected chi connectivity index (χ1v) is 4.59. The van der Waals surface area contributed by atoms with Gasteiger partial charge in [0.1, 0.15) is 12.3 Å². The monoisotopic (exact) mass is 180 g/mol. The second kappa shape index (κ2) is 3.79. The summed E-state index contributed by atoms with van der Waals surface area (Å²) >= 11 is 0. The molecule has 0 unspecified atom stereocenters. The molecule has 0 amide bonds. The maximum absolute atomic E-state index is 9.71. The quantitative estimate of drug-likeness (QED) is 0.686. The van der Waals surface area contributed by atoms with Gasteiger partial charge in [0.15, 0.2) is 0 Å². The standard InChI is InChI=1S/C11H17NO/c1-8-5-9(2)10(7-12(3)4)11(13)6-8/h5-6,13H,7H2,1-4H3/p+1. The maximum Gasteiger partial charge on any atom is 0.124 e. The Bertz CT molecular complexity index is 282. The van der Waals surface area contributed by atoms with E-state index in [0.717, 1.165) is 17.7 Å². The summed E-state index contributed by atoms with van der Waals surface area (Å²) in [4.78, 5) is 1.32. The molecule has 1 rings (SSSR count). The van der Waals surface area contributed by atoms with E-state index in [9.17, 15) is 5.11 Å². The van der Waals surface area contributed by atoms with Gasteiger partial charge in [0, 0.05) is 0 Å². The first-order chi connectivity index (χ1) is 6.00. The summed E-state index contributed by atoms with van der Waals surface area (Å²) in [5.74, 6) is 0.429. The number of hydrogen-bond donors (Lipinski definition) is 2. The third kappa shape index (κ3) is 2.46. The molecule has 0 aromatic heterocycles. The van der Waals surface area contributed by atoms with Crippen molar-refractivity contribution in [3.8, 4) is 5.75 Å². The van der Waals surface area contributed by atoms with E-state index in [0.29, 0.717) is 5.75 Å². The largest absolute Gasteiger partial charge is 0.507 e. The molecule has 0 bridgehead atoms. The highest BCUT2D eigenvalue weighted by molar-refractivity contribution is 5.41. The van der Waals surface area contributed by atoms with Crippen LogP contribution >= 0.6 is 0 Å². The van der Waals surface area contributed by atoms with Gasteiger partial charge in [0.05, 0.1) is 19.7 Å². The van der Waals surface area contributed by atoms with Crippen molar-refractivity contribution in [3.05, 3.63) is 28.8 Å². The Morgan fingerprint density at radius 2 is 1.85 bits per heavy atom. The molecule has 1 aromatic carbocycles. The fourth-order valence-electron chi connectivity index (χ4n) is 1.56. The minimum Gasteiger partial charge on any atom is -0.507 e. The Morgan fingerprint density at radius 1 is 1.23 bits per heavy atom. The van der Waals surface area contributed by atoms with Crippen LogP contribution in [0.4, 0.5) is 0 Å². The number of phenols is 1. The van der Waals surface area contributed by atoms with Gasteiger partial charge in [-0.2, -0.15) is 0 Å². The van der Waals surface area contributed by atoms with Crippen LogP contribution in [-0.2, 0) is 6.54 Å². The maximum atomic E-state index is 9.71. The summed E-state index contributed by atoms with van der Waals surface area (Å²) in [5, 5.41) is 9.71. The van der Waals surface area contributed by atoms with Gasteiger partial charge in [0.25, 0.3) is 0 Å². The molecule has 0 aliphatic carbocycles. The Morgan fingerprint density at radius 3 is 2.31 bits per heavy atom. The molecule has 0 radical (unpaired) electrons. The van der Waals surface area contributed by atoms with Crippen LogP contribution in [0.5, 0.6) is 5.75 Å². The Hall–Kier alpha value is -1.02. The van der Waals surface area contributed by atoms with Crippen LogP contribution in [0.2, 0.25) is 0 Å². The molecule has 0 saturated carbocycles. The molecule has 2 N–H and O–H groups in total. The summed E-state index contributed by atoms with van der Waals surface area (Å²) in [6.45, 7) is 4.92. The van der Waals surface area contributed by atoms with Gasteiger partial charge in [-0.25, -0.2) is 0 Å². The fraction of sp³-hybridized carbons (Fsp3) is 0.455. The summed E-state index contributed by atoms with van der Waals surface area (Å²) in [6.07, 6.45) is 0. The highest BCUT2D eigenvalue weighted by Crippen LogP contribution is 2.21. The smallest absolute Gasteiger partial charge is 0.124 e. The van der Waals surface area contributed by atoms with Gasteiger partial charge in [-0.3, -0.25) is 0 Å². The predicted octanol–water partition coefficient (Wildman–Crippen LogP) is 0.654. The van der Waals surface area contributed by atoms with E-state index in [4.69, 9.17) is 0 Å². The first kappa shape index (κ1) is 10.1. The zero-order valence-electron chi connectivity index (χ0n) is 8.81. The summed E-state index contributed by atoms with van der Waals surface area (Å²) in [6, 6.07) is 3.93. The van der Waals surface area contributed by atoms with Gasteiger partial charge < -0.3 is 10.0 Å². The fourth-order valence-corrected chi connectivity index (χ4v) is 1.56. The zero-order valence-corrected chi connectivity index (χ0v) is 8.81.